The van der Waals surface area contributed by atoms with Gasteiger partial charge in [-0.3, -0.25) is 0 Å². The number of piperidine rings is 1. The zero-order valence-corrected chi connectivity index (χ0v) is 12.2. The molecule has 1 aromatic carbocycles. The molecule has 1 aromatic rings. The van der Waals surface area contributed by atoms with Crippen molar-refractivity contribution in [2.75, 3.05) is 32.1 Å². The Balaban J connectivity index is 2.07. The number of nitrogens with one attached hydrogen (secondary N) is 2. The van der Waals surface area contributed by atoms with Gasteiger partial charge in [-0.15, -0.1) is 0 Å². The van der Waals surface area contributed by atoms with Crippen LogP contribution in [-0.4, -0.2) is 41.6 Å². The highest BCUT2D eigenvalue weighted by atomic mass is 32.2. The van der Waals surface area contributed by atoms with Crippen molar-refractivity contribution in [1.29, 1.82) is 0 Å². The molecule has 0 unspecified atom stereocenters. The molecule has 0 radical (unpaired) electrons. The molecule has 1 heterocycles. The second-order valence-corrected chi connectivity index (χ2v) is 6.64. The van der Waals surface area contributed by atoms with Crippen LogP contribution in [0, 0.1) is 0 Å². The van der Waals surface area contributed by atoms with Gasteiger partial charge in [-0.25, -0.2) is 13.1 Å². The van der Waals surface area contributed by atoms with Crippen molar-refractivity contribution in [1.82, 2.24) is 10.0 Å². The van der Waals surface area contributed by atoms with Gasteiger partial charge in [-0.05, 0) is 51.2 Å². The lowest BCUT2D eigenvalue weighted by atomic mass is 10.0. The van der Waals surface area contributed by atoms with E-state index >= 15 is 0 Å². The molecule has 0 saturated carbocycles. The molecule has 0 bridgehead atoms. The summed E-state index contributed by atoms with van der Waals surface area (Å²) < 4.78 is 25.6. The largest absolute Gasteiger partial charge is 0.371 e. The van der Waals surface area contributed by atoms with Crippen molar-refractivity contribution in [3.05, 3.63) is 24.3 Å². The third kappa shape index (κ3) is 3.26. The first-order valence-corrected chi connectivity index (χ1v) is 8.01. The molecule has 6 heteroatoms. The number of benzene rings is 1. The maximum atomic E-state index is 11.6. The van der Waals surface area contributed by atoms with Crippen LogP contribution in [0.1, 0.15) is 12.8 Å². The van der Waals surface area contributed by atoms with E-state index < -0.39 is 10.0 Å². The van der Waals surface area contributed by atoms with Crippen LogP contribution in [0.2, 0.25) is 0 Å². The number of rotatable bonds is 4. The maximum absolute atomic E-state index is 11.6. The molecule has 1 aliphatic rings. The van der Waals surface area contributed by atoms with Crippen molar-refractivity contribution in [3.8, 4) is 0 Å². The molecule has 5 nitrogen and oxygen atoms in total. The Kier molecular flexibility index (Phi) is 4.44. The van der Waals surface area contributed by atoms with E-state index in [9.17, 15) is 8.42 Å². The predicted molar refractivity (Wildman–Crippen MR) is 77.0 cm³/mol. The van der Waals surface area contributed by atoms with Gasteiger partial charge >= 0.3 is 0 Å². The summed E-state index contributed by atoms with van der Waals surface area (Å²) in [6.45, 7) is 2.01. The predicted octanol–water partition coefficient (Wildman–Crippen LogP) is 0.783. The smallest absolute Gasteiger partial charge is 0.240 e. The van der Waals surface area contributed by atoms with Crippen LogP contribution in [0.4, 0.5) is 5.69 Å². The summed E-state index contributed by atoms with van der Waals surface area (Å²) in [5.41, 5.74) is 1.09. The van der Waals surface area contributed by atoms with Crippen LogP contribution in [0.3, 0.4) is 0 Å². The molecule has 19 heavy (non-hydrogen) atoms. The Morgan fingerprint density at radius 2 is 1.68 bits per heavy atom. The number of anilines is 1. The normalized spacial score (nSPS) is 17.7. The lowest BCUT2D eigenvalue weighted by Crippen LogP contribution is -2.41. The Hall–Kier alpha value is -1.11. The molecule has 0 amide bonds. The van der Waals surface area contributed by atoms with Gasteiger partial charge in [0.2, 0.25) is 10.0 Å². The SMILES string of the molecule is CNC1CCN(c2ccc(S(=O)(=O)NC)cc2)CC1. The minimum atomic E-state index is -3.34. The molecule has 2 rings (SSSR count). The van der Waals surface area contributed by atoms with Crippen molar-refractivity contribution in [3.63, 3.8) is 0 Å². The first kappa shape index (κ1) is 14.3. The molecular formula is C13H21N3O2S. The van der Waals surface area contributed by atoms with Crippen LogP contribution in [-0.2, 0) is 10.0 Å². The third-order valence-electron chi connectivity index (χ3n) is 3.68. The van der Waals surface area contributed by atoms with Gasteiger partial charge < -0.3 is 10.2 Å². The number of hydrogen-bond donors (Lipinski definition) is 2. The van der Waals surface area contributed by atoms with Crippen molar-refractivity contribution < 1.29 is 8.42 Å². The van der Waals surface area contributed by atoms with Gasteiger partial charge in [0.1, 0.15) is 0 Å². The van der Waals surface area contributed by atoms with Crippen molar-refractivity contribution in [2.24, 2.45) is 0 Å². The van der Waals surface area contributed by atoms with E-state index in [1.165, 1.54) is 7.05 Å². The van der Waals surface area contributed by atoms with Crippen LogP contribution in [0.25, 0.3) is 0 Å². The zero-order chi connectivity index (χ0) is 13.9. The summed E-state index contributed by atoms with van der Waals surface area (Å²) in [7, 11) is 0.0832. The molecule has 106 valence electrons. The summed E-state index contributed by atoms with van der Waals surface area (Å²) in [4.78, 5) is 2.60. The summed E-state index contributed by atoms with van der Waals surface area (Å²) in [6, 6.07) is 7.67. The average Bonchev–Trinajstić information content (AvgIpc) is 2.47. The quantitative estimate of drug-likeness (QED) is 0.857. The molecule has 0 aliphatic carbocycles. The summed E-state index contributed by atoms with van der Waals surface area (Å²) in [6.07, 6.45) is 2.24. The fourth-order valence-electron chi connectivity index (χ4n) is 2.38. The third-order valence-corrected chi connectivity index (χ3v) is 5.11. The van der Waals surface area contributed by atoms with Crippen molar-refractivity contribution >= 4 is 15.7 Å². The monoisotopic (exact) mass is 283 g/mol. The van der Waals surface area contributed by atoms with E-state index in [-0.39, 0.29) is 0 Å². The van der Waals surface area contributed by atoms with Gasteiger partial charge in [-0.2, -0.15) is 0 Å². The lowest BCUT2D eigenvalue weighted by molar-refractivity contribution is 0.442. The summed E-state index contributed by atoms with van der Waals surface area (Å²) in [5.74, 6) is 0. The Morgan fingerprint density at radius 3 is 2.16 bits per heavy atom. The van der Waals surface area contributed by atoms with Gasteiger partial charge in [0.15, 0.2) is 0 Å². The molecule has 2 N–H and O–H groups in total. The lowest BCUT2D eigenvalue weighted by Gasteiger charge is -2.33. The van der Waals surface area contributed by atoms with Crippen molar-refractivity contribution in [2.45, 2.75) is 23.8 Å². The maximum Gasteiger partial charge on any atom is 0.240 e. The first-order valence-electron chi connectivity index (χ1n) is 6.52. The molecule has 0 atom stereocenters. The second-order valence-electron chi connectivity index (χ2n) is 4.75. The van der Waals surface area contributed by atoms with Gasteiger partial charge in [0.25, 0.3) is 0 Å². The highest BCUT2D eigenvalue weighted by Crippen LogP contribution is 2.21. The molecule has 0 spiro atoms. The fraction of sp³-hybridized carbons (Fsp3) is 0.538. The fourth-order valence-corrected chi connectivity index (χ4v) is 3.11. The molecule has 1 aliphatic heterocycles. The average molecular weight is 283 g/mol. The minimum Gasteiger partial charge on any atom is -0.371 e. The van der Waals surface area contributed by atoms with Gasteiger partial charge in [0.05, 0.1) is 4.90 Å². The number of hydrogen-bond acceptors (Lipinski definition) is 4. The summed E-state index contributed by atoms with van der Waals surface area (Å²) in [5, 5.41) is 3.30. The van der Waals surface area contributed by atoms with E-state index in [2.05, 4.69) is 14.9 Å². The zero-order valence-electron chi connectivity index (χ0n) is 11.4. The number of sulfonamides is 1. The first-order chi connectivity index (χ1) is 9.06. The molecule has 1 fully saturated rings. The van der Waals surface area contributed by atoms with Crippen LogP contribution >= 0.6 is 0 Å². The van der Waals surface area contributed by atoms with Crippen LogP contribution < -0.4 is 14.9 Å². The highest BCUT2D eigenvalue weighted by molar-refractivity contribution is 7.89. The number of nitrogens with zero attached hydrogens (tertiary/aromatic N) is 1. The Bertz CT molecular complexity index is 505. The van der Waals surface area contributed by atoms with E-state index in [0.717, 1.165) is 31.6 Å². The van der Waals surface area contributed by atoms with Crippen LogP contribution in [0.5, 0.6) is 0 Å². The van der Waals surface area contributed by atoms with Crippen LogP contribution in [0.15, 0.2) is 29.2 Å². The topological polar surface area (TPSA) is 61.4 Å². The van der Waals surface area contributed by atoms with E-state index in [4.69, 9.17) is 0 Å². The Morgan fingerprint density at radius 1 is 1.11 bits per heavy atom. The van der Waals surface area contributed by atoms with Gasteiger partial charge in [-0.1, -0.05) is 0 Å². The van der Waals surface area contributed by atoms with E-state index in [1.807, 2.05) is 19.2 Å². The standard InChI is InChI=1S/C13H21N3O2S/c1-14-11-7-9-16(10-8-11)12-3-5-13(6-4-12)19(17,18)15-2/h3-6,11,14-15H,7-10H2,1-2H3. The highest BCUT2D eigenvalue weighted by Gasteiger charge is 2.18. The minimum absolute atomic E-state index is 0.309. The molecule has 0 aromatic heterocycles. The van der Waals surface area contributed by atoms with E-state index in [1.54, 1.807) is 12.1 Å². The Labute approximate surface area is 115 Å². The molecular weight excluding hydrogens is 262 g/mol. The second kappa shape index (κ2) is 5.90. The van der Waals surface area contributed by atoms with E-state index in [0.29, 0.717) is 10.9 Å². The molecule has 1 saturated heterocycles. The van der Waals surface area contributed by atoms with Gasteiger partial charge in [0, 0.05) is 24.8 Å². The summed E-state index contributed by atoms with van der Waals surface area (Å²) >= 11 is 0.